The lowest BCUT2D eigenvalue weighted by Crippen LogP contribution is -2.31. The summed E-state index contributed by atoms with van der Waals surface area (Å²) in [6.45, 7) is 2.67. The van der Waals surface area contributed by atoms with Crippen molar-refractivity contribution in [2.75, 3.05) is 29.9 Å². The molecule has 0 amide bonds. The Hall–Kier alpha value is -1.80. The second kappa shape index (κ2) is 7.40. The van der Waals surface area contributed by atoms with Crippen molar-refractivity contribution >= 4 is 23.1 Å². The minimum absolute atomic E-state index is 0.349. The molecule has 24 heavy (non-hydrogen) atoms. The highest BCUT2D eigenvalue weighted by molar-refractivity contribution is 7.99. The molecule has 1 saturated heterocycles. The summed E-state index contributed by atoms with van der Waals surface area (Å²) in [5, 5.41) is 2.41. The Balaban J connectivity index is 1.80. The molecular formula is C16H15F4N3S. The number of rotatable bonds is 4. The predicted molar refractivity (Wildman–Crippen MR) is 86.4 cm³/mol. The number of benzene rings is 1. The average molecular weight is 357 g/mol. The Kier molecular flexibility index (Phi) is 5.25. The number of pyridine rings is 1. The van der Waals surface area contributed by atoms with Gasteiger partial charge in [0.05, 0.1) is 0 Å². The highest BCUT2D eigenvalue weighted by atomic mass is 32.2. The monoisotopic (exact) mass is 357 g/mol. The Morgan fingerprint density at radius 1 is 1.04 bits per heavy atom. The molecule has 1 aliphatic rings. The fourth-order valence-electron chi connectivity index (χ4n) is 2.51. The molecule has 0 spiro atoms. The quantitative estimate of drug-likeness (QED) is 0.663. The van der Waals surface area contributed by atoms with Crippen LogP contribution in [0.2, 0.25) is 0 Å². The van der Waals surface area contributed by atoms with Crippen molar-refractivity contribution in [2.45, 2.75) is 6.54 Å². The molecule has 0 radical (unpaired) electrons. The van der Waals surface area contributed by atoms with Crippen molar-refractivity contribution < 1.29 is 17.6 Å². The summed E-state index contributed by atoms with van der Waals surface area (Å²) >= 11 is 1.91. The number of halogens is 4. The van der Waals surface area contributed by atoms with Gasteiger partial charge in [0.1, 0.15) is 5.69 Å². The van der Waals surface area contributed by atoms with Gasteiger partial charge in [-0.05, 0) is 17.7 Å². The highest BCUT2D eigenvalue weighted by Gasteiger charge is 2.21. The first kappa shape index (κ1) is 17.0. The molecule has 1 aromatic heterocycles. The van der Waals surface area contributed by atoms with E-state index in [1.54, 1.807) is 18.2 Å². The van der Waals surface area contributed by atoms with Crippen molar-refractivity contribution in [3.05, 3.63) is 53.4 Å². The maximum atomic E-state index is 13.7. The van der Waals surface area contributed by atoms with Crippen LogP contribution in [-0.2, 0) is 6.54 Å². The van der Waals surface area contributed by atoms with Gasteiger partial charge < -0.3 is 5.32 Å². The smallest absolute Gasteiger partial charge is 0.253 e. The molecule has 3 nitrogen and oxygen atoms in total. The summed E-state index contributed by atoms with van der Waals surface area (Å²) in [4.78, 5) is 4.82. The van der Waals surface area contributed by atoms with E-state index in [2.05, 4.69) is 15.2 Å². The molecule has 0 aliphatic carbocycles. The molecule has 2 aromatic rings. The van der Waals surface area contributed by atoms with Crippen molar-refractivity contribution in [3.63, 3.8) is 0 Å². The third-order valence-electron chi connectivity index (χ3n) is 3.70. The average Bonchev–Trinajstić information content (AvgIpc) is 2.58. The maximum absolute atomic E-state index is 13.7. The van der Waals surface area contributed by atoms with Gasteiger partial charge in [-0.3, -0.25) is 4.90 Å². The number of hydrogen-bond donors (Lipinski definition) is 1. The zero-order chi connectivity index (χ0) is 17.1. The molecular weight excluding hydrogens is 342 g/mol. The number of hydrogen-bond acceptors (Lipinski definition) is 4. The van der Waals surface area contributed by atoms with Crippen LogP contribution in [0.15, 0.2) is 24.3 Å². The molecule has 8 heteroatoms. The van der Waals surface area contributed by atoms with E-state index in [4.69, 9.17) is 0 Å². The Morgan fingerprint density at radius 2 is 1.71 bits per heavy atom. The first-order valence-electron chi connectivity index (χ1n) is 7.40. The standard InChI is InChI=1S/C16H15F4N3S/c17-12-14(13(18)16(20)22-15(12)19)21-11-3-1-2-10(8-11)9-23-4-6-24-7-5-23/h1-3,8H,4-7,9H2,(H,21,22). The third-order valence-corrected chi connectivity index (χ3v) is 4.65. The van der Waals surface area contributed by atoms with Gasteiger partial charge in [0.25, 0.3) is 11.9 Å². The minimum Gasteiger partial charge on any atom is -0.350 e. The first-order chi connectivity index (χ1) is 11.5. The fourth-order valence-corrected chi connectivity index (χ4v) is 3.48. The number of nitrogens with one attached hydrogen (secondary N) is 1. The summed E-state index contributed by atoms with van der Waals surface area (Å²) in [5.74, 6) is -4.31. The molecule has 2 heterocycles. The van der Waals surface area contributed by atoms with Crippen molar-refractivity contribution in [1.29, 1.82) is 0 Å². The van der Waals surface area contributed by atoms with Gasteiger partial charge in [-0.2, -0.15) is 34.3 Å². The van der Waals surface area contributed by atoms with Crippen molar-refractivity contribution in [2.24, 2.45) is 0 Å². The molecule has 0 atom stereocenters. The fraction of sp³-hybridized carbons (Fsp3) is 0.312. The van der Waals surface area contributed by atoms with Crippen LogP contribution in [0.25, 0.3) is 0 Å². The molecule has 0 saturated carbocycles. The topological polar surface area (TPSA) is 28.2 Å². The van der Waals surface area contributed by atoms with Crippen LogP contribution >= 0.6 is 11.8 Å². The molecule has 1 fully saturated rings. The summed E-state index contributed by atoms with van der Waals surface area (Å²) in [7, 11) is 0. The van der Waals surface area contributed by atoms with Crippen molar-refractivity contribution in [1.82, 2.24) is 9.88 Å². The Bertz CT molecular complexity index is 709. The van der Waals surface area contributed by atoms with Crippen LogP contribution in [0.1, 0.15) is 5.56 Å². The van der Waals surface area contributed by atoms with Crippen LogP contribution in [0, 0.1) is 23.5 Å². The Labute approximate surface area is 141 Å². The molecule has 1 aromatic carbocycles. The second-order valence-corrected chi connectivity index (χ2v) is 6.64. The first-order valence-corrected chi connectivity index (χ1v) is 8.56. The van der Waals surface area contributed by atoms with E-state index in [9.17, 15) is 17.6 Å². The molecule has 128 valence electrons. The van der Waals surface area contributed by atoms with Gasteiger partial charge in [-0.25, -0.2) is 0 Å². The van der Waals surface area contributed by atoms with Gasteiger partial charge in [0, 0.05) is 36.8 Å². The molecule has 1 aliphatic heterocycles. The number of anilines is 2. The summed E-state index contributed by atoms with van der Waals surface area (Å²) in [5.41, 5.74) is 0.413. The van der Waals surface area contributed by atoms with Gasteiger partial charge >= 0.3 is 0 Å². The van der Waals surface area contributed by atoms with E-state index in [0.717, 1.165) is 30.2 Å². The van der Waals surface area contributed by atoms with Crippen LogP contribution in [0.4, 0.5) is 28.9 Å². The normalized spacial score (nSPS) is 15.5. The van der Waals surface area contributed by atoms with E-state index in [1.165, 1.54) is 0 Å². The zero-order valence-corrected chi connectivity index (χ0v) is 13.5. The zero-order valence-electron chi connectivity index (χ0n) is 12.7. The molecule has 3 rings (SSSR count). The van der Waals surface area contributed by atoms with Gasteiger partial charge in [-0.15, -0.1) is 0 Å². The van der Waals surface area contributed by atoms with Crippen molar-refractivity contribution in [3.8, 4) is 0 Å². The summed E-state index contributed by atoms with van der Waals surface area (Å²) < 4.78 is 53.7. The predicted octanol–water partition coefficient (Wildman–Crippen LogP) is 3.93. The summed E-state index contributed by atoms with van der Waals surface area (Å²) in [6, 6.07) is 6.90. The van der Waals surface area contributed by atoms with E-state index in [-0.39, 0.29) is 0 Å². The summed E-state index contributed by atoms with van der Waals surface area (Å²) in [6.07, 6.45) is 0. The number of nitrogens with zero attached hydrogens (tertiary/aromatic N) is 2. The maximum Gasteiger partial charge on any atom is 0.253 e. The lowest BCUT2D eigenvalue weighted by atomic mass is 10.1. The number of thioether (sulfide) groups is 1. The minimum atomic E-state index is -1.68. The van der Waals surface area contributed by atoms with Crippen LogP contribution in [-0.4, -0.2) is 34.5 Å². The lowest BCUT2D eigenvalue weighted by Gasteiger charge is -2.26. The highest BCUT2D eigenvalue weighted by Crippen LogP contribution is 2.26. The van der Waals surface area contributed by atoms with E-state index in [1.807, 2.05) is 17.8 Å². The van der Waals surface area contributed by atoms with E-state index >= 15 is 0 Å². The Morgan fingerprint density at radius 3 is 2.38 bits per heavy atom. The lowest BCUT2D eigenvalue weighted by molar-refractivity contribution is 0.294. The van der Waals surface area contributed by atoms with Crippen LogP contribution < -0.4 is 5.32 Å². The molecule has 0 bridgehead atoms. The SMILES string of the molecule is Fc1nc(F)c(F)c(Nc2cccc(CN3CCSCC3)c2)c1F. The van der Waals surface area contributed by atoms with E-state index < -0.39 is 29.2 Å². The van der Waals surface area contributed by atoms with Gasteiger partial charge in [0.2, 0.25) is 11.6 Å². The van der Waals surface area contributed by atoms with Gasteiger partial charge in [0.15, 0.2) is 0 Å². The second-order valence-electron chi connectivity index (χ2n) is 5.41. The molecule has 1 N–H and O–H groups in total. The van der Waals surface area contributed by atoms with Gasteiger partial charge in [-0.1, -0.05) is 12.1 Å². The third kappa shape index (κ3) is 3.81. The van der Waals surface area contributed by atoms with Crippen LogP contribution in [0.3, 0.4) is 0 Å². The van der Waals surface area contributed by atoms with E-state index in [0.29, 0.717) is 12.2 Å². The van der Waals surface area contributed by atoms with Crippen LogP contribution in [0.5, 0.6) is 0 Å². The number of aromatic nitrogens is 1. The molecule has 0 unspecified atom stereocenters. The largest absolute Gasteiger partial charge is 0.350 e.